The molecule has 0 saturated carbocycles. The van der Waals surface area contributed by atoms with Crippen molar-refractivity contribution >= 4 is 21.4 Å². The topological polar surface area (TPSA) is 58.6 Å². The quantitative estimate of drug-likeness (QED) is 0.863. The van der Waals surface area contributed by atoms with Crippen molar-refractivity contribution in [3.8, 4) is 0 Å². The average Bonchev–Trinajstić information content (AvgIpc) is 2.91. The normalized spacial score (nSPS) is 25.9. The zero-order valence-electron chi connectivity index (χ0n) is 12.8. The standard InChI is InChI=1S/C14H24N2O3S2/c1-11-9-16(10-12(2)19-11)21(17,18)8-6-15-13(3)14-5-4-7-20-14/h4-5,7,11-13,15H,6,8-10H2,1-3H3/t11-,12-,13-/m1/s1. The molecule has 2 heterocycles. The van der Waals surface area contributed by atoms with Gasteiger partial charge in [0, 0.05) is 30.6 Å². The number of ether oxygens (including phenoxy) is 1. The molecule has 21 heavy (non-hydrogen) atoms. The minimum atomic E-state index is -3.22. The molecule has 0 bridgehead atoms. The summed E-state index contributed by atoms with van der Waals surface area (Å²) in [6.45, 7) is 7.24. The summed E-state index contributed by atoms with van der Waals surface area (Å²) in [6, 6.07) is 4.25. The van der Waals surface area contributed by atoms with Crippen molar-refractivity contribution in [1.29, 1.82) is 0 Å². The Hall–Kier alpha value is -0.470. The lowest BCUT2D eigenvalue weighted by Crippen LogP contribution is -2.49. The first-order valence-corrected chi connectivity index (χ1v) is 9.77. The molecular formula is C14H24N2O3S2. The van der Waals surface area contributed by atoms with Gasteiger partial charge in [-0.05, 0) is 32.2 Å². The van der Waals surface area contributed by atoms with Gasteiger partial charge in [0.05, 0.1) is 18.0 Å². The number of nitrogens with one attached hydrogen (secondary N) is 1. The summed E-state index contributed by atoms with van der Waals surface area (Å²) in [7, 11) is -3.22. The van der Waals surface area contributed by atoms with Crippen LogP contribution in [0, 0.1) is 0 Å². The molecule has 0 radical (unpaired) electrons. The van der Waals surface area contributed by atoms with E-state index in [1.165, 1.54) is 4.88 Å². The van der Waals surface area contributed by atoms with Crippen molar-refractivity contribution in [3.05, 3.63) is 22.4 Å². The van der Waals surface area contributed by atoms with Gasteiger partial charge in [0.1, 0.15) is 0 Å². The molecular weight excluding hydrogens is 308 g/mol. The van der Waals surface area contributed by atoms with Crippen LogP contribution in [0.1, 0.15) is 31.7 Å². The Labute approximate surface area is 131 Å². The van der Waals surface area contributed by atoms with Gasteiger partial charge in [-0.25, -0.2) is 8.42 Å². The maximum Gasteiger partial charge on any atom is 0.215 e. The average molecular weight is 332 g/mol. The molecule has 1 fully saturated rings. The number of sulfonamides is 1. The third kappa shape index (κ3) is 4.75. The van der Waals surface area contributed by atoms with Gasteiger partial charge in [-0.1, -0.05) is 6.07 Å². The van der Waals surface area contributed by atoms with E-state index in [1.807, 2.05) is 25.3 Å². The minimum Gasteiger partial charge on any atom is -0.373 e. The third-order valence-corrected chi connectivity index (χ3v) is 6.42. The molecule has 2 rings (SSSR count). The van der Waals surface area contributed by atoms with E-state index in [-0.39, 0.29) is 24.0 Å². The largest absolute Gasteiger partial charge is 0.373 e. The van der Waals surface area contributed by atoms with Crippen molar-refractivity contribution in [1.82, 2.24) is 9.62 Å². The van der Waals surface area contributed by atoms with Gasteiger partial charge < -0.3 is 10.1 Å². The van der Waals surface area contributed by atoms with Crippen molar-refractivity contribution in [2.45, 2.75) is 39.0 Å². The van der Waals surface area contributed by atoms with E-state index in [4.69, 9.17) is 4.74 Å². The smallest absolute Gasteiger partial charge is 0.215 e. The molecule has 0 aromatic carbocycles. The molecule has 1 saturated heterocycles. The number of hydrogen-bond donors (Lipinski definition) is 1. The first-order valence-electron chi connectivity index (χ1n) is 7.28. The van der Waals surface area contributed by atoms with Crippen LogP contribution in [0.3, 0.4) is 0 Å². The first kappa shape index (κ1) is 16.9. The van der Waals surface area contributed by atoms with E-state index >= 15 is 0 Å². The number of thiophene rings is 1. The molecule has 3 atom stereocenters. The van der Waals surface area contributed by atoms with Gasteiger partial charge in [0.15, 0.2) is 0 Å². The van der Waals surface area contributed by atoms with E-state index in [1.54, 1.807) is 15.6 Å². The van der Waals surface area contributed by atoms with E-state index < -0.39 is 10.0 Å². The number of nitrogens with zero attached hydrogens (tertiary/aromatic N) is 1. The van der Waals surface area contributed by atoms with Gasteiger partial charge in [0.2, 0.25) is 10.0 Å². The van der Waals surface area contributed by atoms with Crippen LogP contribution in [-0.2, 0) is 14.8 Å². The van der Waals surface area contributed by atoms with Crippen LogP contribution in [0.4, 0.5) is 0 Å². The predicted molar refractivity (Wildman–Crippen MR) is 86.1 cm³/mol. The summed E-state index contributed by atoms with van der Waals surface area (Å²) in [4.78, 5) is 1.22. The Bertz CT molecular complexity index is 520. The van der Waals surface area contributed by atoms with Crippen LogP contribution >= 0.6 is 11.3 Å². The van der Waals surface area contributed by atoms with Crippen LogP contribution in [0.25, 0.3) is 0 Å². The third-order valence-electron chi connectivity index (χ3n) is 3.56. The Morgan fingerprint density at radius 3 is 2.67 bits per heavy atom. The Balaban J connectivity index is 1.84. The molecule has 7 heteroatoms. The summed E-state index contributed by atoms with van der Waals surface area (Å²) in [5.41, 5.74) is 0. The monoisotopic (exact) mass is 332 g/mol. The van der Waals surface area contributed by atoms with Crippen LogP contribution in [-0.4, -0.2) is 50.3 Å². The molecule has 1 aliphatic heterocycles. The molecule has 0 unspecified atom stereocenters. The maximum absolute atomic E-state index is 12.4. The van der Waals surface area contributed by atoms with Crippen LogP contribution < -0.4 is 5.32 Å². The second-order valence-electron chi connectivity index (χ2n) is 5.58. The predicted octanol–water partition coefficient (Wildman–Crippen LogP) is 1.84. The maximum atomic E-state index is 12.4. The fraction of sp³-hybridized carbons (Fsp3) is 0.714. The fourth-order valence-electron chi connectivity index (χ4n) is 2.53. The first-order chi connectivity index (χ1) is 9.88. The Morgan fingerprint density at radius 2 is 2.10 bits per heavy atom. The Kier molecular flexibility index (Phi) is 5.79. The minimum absolute atomic E-state index is 0.0403. The Morgan fingerprint density at radius 1 is 1.43 bits per heavy atom. The molecule has 1 aliphatic rings. The highest BCUT2D eigenvalue weighted by molar-refractivity contribution is 7.89. The molecule has 0 aliphatic carbocycles. The highest BCUT2D eigenvalue weighted by Crippen LogP contribution is 2.18. The number of rotatable bonds is 6. The van der Waals surface area contributed by atoms with E-state index in [0.29, 0.717) is 19.6 Å². The van der Waals surface area contributed by atoms with Gasteiger partial charge >= 0.3 is 0 Å². The van der Waals surface area contributed by atoms with Crippen molar-refractivity contribution in [3.63, 3.8) is 0 Å². The number of hydrogen-bond acceptors (Lipinski definition) is 5. The van der Waals surface area contributed by atoms with E-state index in [2.05, 4.69) is 18.3 Å². The lowest BCUT2D eigenvalue weighted by Gasteiger charge is -2.34. The molecule has 120 valence electrons. The molecule has 5 nitrogen and oxygen atoms in total. The summed E-state index contributed by atoms with van der Waals surface area (Å²) in [6.07, 6.45) is -0.0805. The van der Waals surface area contributed by atoms with Gasteiger partial charge in [-0.15, -0.1) is 11.3 Å². The SMILES string of the molecule is C[C@@H]1CN(S(=O)(=O)CCN[C@H](C)c2cccs2)C[C@@H](C)O1. The zero-order valence-corrected chi connectivity index (χ0v) is 14.4. The number of morpholine rings is 1. The van der Waals surface area contributed by atoms with Crippen LogP contribution in [0.5, 0.6) is 0 Å². The lowest BCUT2D eigenvalue weighted by molar-refractivity contribution is -0.0440. The van der Waals surface area contributed by atoms with E-state index in [0.717, 1.165) is 0 Å². The molecule has 0 spiro atoms. The van der Waals surface area contributed by atoms with Crippen LogP contribution in [0.2, 0.25) is 0 Å². The summed E-state index contributed by atoms with van der Waals surface area (Å²) in [5, 5.41) is 5.30. The highest BCUT2D eigenvalue weighted by Gasteiger charge is 2.30. The highest BCUT2D eigenvalue weighted by atomic mass is 32.2. The van der Waals surface area contributed by atoms with Gasteiger partial charge in [0.25, 0.3) is 0 Å². The zero-order chi connectivity index (χ0) is 15.5. The summed E-state index contributed by atoms with van der Waals surface area (Å²) < 4.78 is 31.9. The van der Waals surface area contributed by atoms with Crippen LogP contribution in [0.15, 0.2) is 17.5 Å². The van der Waals surface area contributed by atoms with Crippen molar-refractivity contribution in [2.24, 2.45) is 0 Å². The fourth-order valence-corrected chi connectivity index (χ4v) is 4.80. The molecule has 1 N–H and O–H groups in total. The van der Waals surface area contributed by atoms with Gasteiger partial charge in [-0.3, -0.25) is 0 Å². The summed E-state index contributed by atoms with van der Waals surface area (Å²) in [5.74, 6) is 0.127. The summed E-state index contributed by atoms with van der Waals surface area (Å²) >= 11 is 1.68. The van der Waals surface area contributed by atoms with Crippen molar-refractivity contribution < 1.29 is 13.2 Å². The van der Waals surface area contributed by atoms with E-state index in [9.17, 15) is 8.42 Å². The molecule has 0 amide bonds. The lowest BCUT2D eigenvalue weighted by atomic mass is 10.3. The van der Waals surface area contributed by atoms with Gasteiger partial charge in [-0.2, -0.15) is 4.31 Å². The second kappa shape index (κ2) is 7.19. The molecule has 1 aromatic heterocycles. The second-order valence-corrected chi connectivity index (χ2v) is 8.65. The van der Waals surface area contributed by atoms with Crippen molar-refractivity contribution in [2.75, 3.05) is 25.4 Å². The molecule has 1 aromatic rings.